The molecular formula is C16H15FN4OS. The topological polar surface area (TPSA) is 59.8 Å². The molecule has 23 heavy (non-hydrogen) atoms. The maximum Gasteiger partial charge on any atom is 0.227 e. The number of anilines is 1. The van der Waals surface area contributed by atoms with Crippen LogP contribution in [-0.2, 0) is 11.3 Å². The maximum atomic E-state index is 13.3. The molecule has 2 aromatic heterocycles. The monoisotopic (exact) mass is 330 g/mol. The van der Waals surface area contributed by atoms with Crippen LogP contribution in [-0.4, -0.2) is 20.7 Å². The van der Waals surface area contributed by atoms with Crippen molar-refractivity contribution in [3.8, 4) is 0 Å². The Balaban J connectivity index is 1.39. The fourth-order valence-electron chi connectivity index (χ4n) is 2.54. The number of hydrogen-bond donors (Lipinski definition) is 1. The molecule has 1 aliphatic rings. The number of fused-ring (bicyclic) bond motifs is 1. The first-order valence-corrected chi connectivity index (χ1v) is 8.38. The van der Waals surface area contributed by atoms with E-state index in [1.54, 1.807) is 6.07 Å². The van der Waals surface area contributed by atoms with E-state index in [9.17, 15) is 9.18 Å². The Labute approximate surface area is 136 Å². The SMILES string of the molecule is O=C(CCn1ccc2ccc(F)cc21)Nc1nnc(C2CC2)s1. The fraction of sp³-hybridized carbons (Fsp3) is 0.312. The van der Waals surface area contributed by atoms with Gasteiger partial charge in [0.05, 0.1) is 5.52 Å². The van der Waals surface area contributed by atoms with Crippen LogP contribution in [0.2, 0.25) is 0 Å². The highest BCUT2D eigenvalue weighted by molar-refractivity contribution is 7.15. The van der Waals surface area contributed by atoms with E-state index in [0.717, 1.165) is 15.9 Å². The Morgan fingerprint density at radius 1 is 1.35 bits per heavy atom. The van der Waals surface area contributed by atoms with Crippen molar-refractivity contribution in [3.05, 3.63) is 41.3 Å². The van der Waals surface area contributed by atoms with Crippen LogP contribution in [0.15, 0.2) is 30.5 Å². The fourth-order valence-corrected chi connectivity index (χ4v) is 3.46. The predicted molar refractivity (Wildman–Crippen MR) is 87.0 cm³/mol. The highest BCUT2D eigenvalue weighted by Gasteiger charge is 2.27. The molecule has 2 heterocycles. The van der Waals surface area contributed by atoms with Gasteiger partial charge in [-0.3, -0.25) is 4.79 Å². The molecule has 118 valence electrons. The summed E-state index contributed by atoms with van der Waals surface area (Å²) >= 11 is 1.45. The smallest absolute Gasteiger partial charge is 0.227 e. The van der Waals surface area contributed by atoms with E-state index >= 15 is 0 Å². The lowest BCUT2D eigenvalue weighted by molar-refractivity contribution is -0.116. The second-order valence-electron chi connectivity index (χ2n) is 5.73. The second kappa shape index (κ2) is 5.73. The molecule has 1 aliphatic carbocycles. The van der Waals surface area contributed by atoms with E-state index in [0.29, 0.717) is 24.0 Å². The first-order valence-electron chi connectivity index (χ1n) is 7.57. The first-order chi connectivity index (χ1) is 11.2. The molecule has 0 bridgehead atoms. The molecular weight excluding hydrogens is 315 g/mol. The lowest BCUT2D eigenvalue weighted by Crippen LogP contribution is -2.14. The summed E-state index contributed by atoms with van der Waals surface area (Å²) in [5, 5.41) is 13.4. The van der Waals surface area contributed by atoms with Gasteiger partial charge in [0.25, 0.3) is 0 Å². The third-order valence-electron chi connectivity index (χ3n) is 3.93. The van der Waals surface area contributed by atoms with Crippen molar-refractivity contribution in [2.24, 2.45) is 0 Å². The highest BCUT2D eigenvalue weighted by atomic mass is 32.1. The number of carbonyl (C=O) groups excluding carboxylic acids is 1. The number of aryl methyl sites for hydroxylation is 1. The van der Waals surface area contributed by atoms with Crippen LogP contribution in [0, 0.1) is 5.82 Å². The lowest BCUT2D eigenvalue weighted by Gasteiger charge is -2.05. The van der Waals surface area contributed by atoms with Gasteiger partial charge in [0.2, 0.25) is 11.0 Å². The van der Waals surface area contributed by atoms with Crippen LogP contribution in [0.25, 0.3) is 10.9 Å². The molecule has 0 unspecified atom stereocenters. The van der Waals surface area contributed by atoms with E-state index in [1.165, 1.54) is 36.3 Å². The normalized spacial score (nSPS) is 14.3. The minimum Gasteiger partial charge on any atom is -0.347 e. The van der Waals surface area contributed by atoms with Crippen molar-refractivity contribution in [1.29, 1.82) is 0 Å². The van der Waals surface area contributed by atoms with Gasteiger partial charge < -0.3 is 9.88 Å². The van der Waals surface area contributed by atoms with E-state index in [1.807, 2.05) is 16.8 Å². The van der Waals surface area contributed by atoms with Gasteiger partial charge in [-0.05, 0) is 42.5 Å². The molecule has 1 amide bonds. The molecule has 1 saturated carbocycles. The van der Waals surface area contributed by atoms with Crippen molar-refractivity contribution in [2.45, 2.75) is 31.7 Å². The number of carbonyl (C=O) groups is 1. The summed E-state index contributed by atoms with van der Waals surface area (Å²) in [5.41, 5.74) is 0.796. The summed E-state index contributed by atoms with van der Waals surface area (Å²) < 4.78 is 15.2. The molecule has 0 spiro atoms. The standard InChI is InChI=1S/C16H15FN4OS/c17-12-4-3-10-5-7-21(13(10)9-12)8-6-14(22)18-16-20-19-15(23-16)11-1-2-11/h3-5,7,9,11H,1-2,6,8H2,(H,18,20,22). The zero-order valence-electron chi connectivity index (χ0n) is 12.3. The molecule has 7 heteroatoms. The van der Waals surface area contributed by atoms with E-state index < -0.39 is 0 Å². The number of halogens is 1. The lowest BCUT2D eigenvalue weighted by atomic mass is 10.2. The summed E-state index contributed by atoms with van der Waals surface area (Å²) in [7, 11) is 0. The summed E-state index contributed by atoms with van der Waals surface area (Å²) in [5.74, 6) is 0.157. The van der Waals surface area contributed by atoms with Gasteiger partial charge in [-0.15, -0.1) is 10.2 Å². The molecule has 0 aliphatic heterocycles. The average Bonchev–Trinajstić information content (AvgIpc) is 3.16. The molecule has 1 aromatic carbocycles. The molecule has 1 N–H and O–H groups in total. The average molecular weight is 330 g/mol. The van der Waals surface area contributed by atoms with Gasteiger partial charge in [-0.1, -0.05) is 11.3 Å². The Morgan fingerprint density at radius 2 is 2.22 bits per heavy atom. The molecule has 0 radical (unpaired) electrons. The van der Waals surface area contributed by atoms with Crippen molar-refractivity contribution >= 4 is 33.3 Å². The minimum atomic E-state index is -0.275. The maximum absolute atomic E-state index is 13.3. The first kappa shape index (κ1) is 14.3. The van der Waals surface area contributed by atoms with Crippen molar-refractivity contribution in [2.75, 3.05) is 5.32 Å². The Hall–Kier alpha value is -2.28. The highest BCUT2D eigenvalue weighted by Crippen LogP contribution is 2.42. The van der Waals surface area contributed by atoms with Crippen LogP contribution >= 0.6 is 11.3 Å². The largest absolute Gasteiger partial charge is 0.347 e. The van der Waals surface area contributed by atoms with Crippen LogP contribution in [0.3, 0.4) is 0 Å². The van der Waals surface area contributed by atoms with Gasteiger partial charge in [-0.25, -0.2) is 4.39 Å². The zero-order valence-corrected chi connectivity index (χ0v) is 13.1. The number of amides is 1. The van der Waals surface area contributed by atoms with Crippen LogP contribution in [0.1, 0.15) is 30.2 Å². The summed E-state index contributed by atoms with van der Waals surface area (Å²) in [6.45, 7) is 0.493. The third kappa shape index (κ3) is 3.10. The number of benzene rings is 1. The molecule has 0 saturated heterocycles. The number of nitrogens with one attached hydrogen (secondary N) is 1. The van der Waals surface area contributed by atoms with Crippen LogP contribution in [0.4, 0.5) is 9.52 Å². The van der Waals surface area contributed by atoms with E-state index in [-0.39, 0.29) is 11.7 Å². The number of hydrogen-bond acceptors (Lipinski definition) is 4. The summed E-state index contributed by atoms with van der Waals surface area (Å²) in [6.07, 6.45) is 4.51. The number of nitrogens with zero attached hydrogens (tertiary/aromatic N) is 3. The van der Waals surface area contributed by atoms with Crippen LogP contribution < -0.4 is 5.32 Å². The van der Waals surface area contributed by atoms with Gasteiger partial charge in [0.15, 0.2) is 0 Å². The Bertz CT molecular complexity index is 868. The minimum absolute atomic E-state index is 0.109. The van der Waals surface area contributed by atoms with Gasteiger partial charge in [-0.2, -0.15) is 0 Å². The van der Waals surface area contributed by atoms with Crippen LogP contribution in [0.5, 0.6) is 0 Å². The van der Waals surface area contributed by atoms with Gasteiger partial charge >= 0.3 is 0 Å². The second-order valence-corrected chi connectivity index (χ2v) is 6.74. The Morgan fingerprint density at radius 3 is 3.04 bits per heavy atom. The molecule has 3 aromatic rings. The molecule has 4 rings (SSSR count). The van der Waals surface area contributed by atoms with E-state index in [4.69, 9.17) is 0 Å². The number of rotatable bonds is 5. The van der Waals surface area contributed by atoms with E-state index in [2.05, 4.69) is 15.5 Å². The number of aromatic nitrogens is 3. The van der Waals surface area contributed by atoms with Gasteiger partial charge in [0.1, 0.15) is 10.8 Å². The zero-order chi connectivity index (χ0) is 15.8. The Kier molecular flexibility index (Phi) is 3.57. The quantitative estimate of drug-likeness (QED) is 0.778. The van der Waals surface area contributed by atoms with Crippen molar-refractivity contribution < 1.29 is 9.18 Å². The van der Waals surface area contributed by atoms with Crippen molar-refractivity contribution in [1.82, 2.24) is 14.8 Å². The summed E-state index contributed by atoms with van der Waals surface area (Å²) in [6, 6.07) is 6.58. The van der Waals surface area contributed by atoms with Crippen molar-refractivity contribution in [3.63, 3.8) is 0 Å². The molecule has 5 nitrogen and oxygen atoms in total. The summed E-state index contributed by atoms with van der Waals surface area (Å²) in [4.78, 5) is 12.0. The molecule has 0 atom stereocenters. The third-order valence-corrected chi connectivity index (χ3v) is 4.93. The van der Waals surface area contributed by atoms with Gasteiger partial charge in [0, 0.05) is 25.1 Å². The molecule has 1 fully saturated rings. The predicted octanol–water partition coefficient (Wildman–Crippen LogP) is 3.54.